The van der Waals surface area contributed by atoms with Crippen LogP contribution in [0, 0.1) is 0 Å². The first-order valence-electron chi connectivity index (χ1n) is 4.54. The van der Waals surface area contributed by atoms with Gasteiger partial charge in [0.1, 0.15) is 0 Å². The normalized spacial score (nSPS) is 9.71. The van der Waals surface area contributed by atoms with Crippen LogP contribution in [0.5, 0.6) is 0 Å². The lowest BCUT2D eigenvalue weighted by Crippen LogP contribution is -3.00. The van der Waals surface area contributed by atoms with Crippen LogP contribution in [0.4, 0.5) is 6.01 Å². The zero-order valence-corrected chi connectivity index (χ0v) is 11.8. The Bertz CT molecular complexity index is 511. The van der Waals surface area contributed by atoms with Crippen LogP contribution in [0.1, 0.15) is 10.4 Å². The molecule has 0 aliphatic rings. The van der Waals surface area contributed by atoms with Crippen molar-refractivity contribution in [2.75, 3.05) is 5.73 Å². The predicted molar refractivity (Wildman–Crippen MR) is 59.6 cm³/mol. The molecule has 0 fully saturated rings. The van der Waals surface area contributed by atoms with E-state index < -0.39 is 0 Å². The van der Waals surface area contributed by atoms with Crippen LogP contribution < -0.4 is 27.4 Å². The summed E-state index contributed by atoms with van der Waals surface area (Å²) in [6.45, 7) is 0.0734. The zero-order chi connectivity index (χ0) is 11.5. The van der Waals surface area contributed by atoms with Crippen molar-refractivity contribution < 1.29 is 30.9 Å². The van der Waals surface area contributed by atoms with Gasteiger partial charge >= 0.3 is 6.01 Å². The molecule has 0 aliphatic heterocycles. The SMILES string of the molecule is Nc1ocn[n+]1CC(=O)c1ccc(Br)cc1.[Br-]. The Morgan fingerprint density at radius 3 is 2.59 bits per heavy atom. The number of carbonyl (C=O) groups is 1. The maximum Gasteiger partial charge on any atom is 0.475 e. The summed E-state index contributed by atoms with van der Waals surface area (Å²) in [4.78, 5) is 11.8. The molecule has 0 atom stereocenters. The van der Waals surface area contributed by atoms with E-state index in [9.17, 15) is 4.79 Å². The third-order valence-electron chi connectivity index (χ3n) is 2.07. The number of nitrogens with two attached hydrogens (primary N) is 1. The van der Waals surface area contributed by atoms with E-state index in [0.29, 0.717) is 5.56 Å². The Morgan fingerprint density at radius 1 is 1.41 bits per heavy atom. The Balaban J connectivity index is 0.00000144. The van der Waals surface area contributed by atoms with Crippen LogP contribution in [0.3, 0.4) is 0 Å². The van der Waals surface area contributed by atoms with Gasteiger partial charge in [-0.3, -0.25) is 10.5 Å². The Labute approximate surface area is 117 Å². The number of hydrogen-bond acceptors (Lipinski definition) is 4. The van der Waals surface area contributed by atoms with E-state index in [1.807, 2.05) is 12.1 Å². The number of rotatable bonds is 3. The van der Waals surface area contributed by atoms with Crippen molar-refractivity contribution in [1.82, 2.24) is 5.10 Å². The van der Waals surface area contributed by atoms with Gasteiger partial charge in [-0.15, -0.1) is 0 Å². The summed E-state index contributed by atoms with van der Waals surface area (Å²) in [6, 6.07) is 7.21. The summed E-state index contributed by atoms with van der Waals surface area (Å²) < 4.78 is 7.03. The Kier molecular flexibility index (Phi) is 4.83. The lowest BCUT2D eigenvalue weighted by molar-refractivity contribution is -0.727. The number of halogens is 2. The van der Waals surface area contributed by atoms with Gasteiger partial charge in [-0.25, -0.2) is 0 Å². The topological polar surface area (TPSA) is 73.0 Å². The van der Waals surface area contributed by atoms with Gasteiger partial charge in [-0.1, -0.05) is 32.7 Å². The van der Waals surface area contributed by atoms with Crippen molar-refractivity contribution >= 4 is 27.7 Å². The zero-order valence-electron chi connectivity index (χ0n) is 8.64. The molecule has 2 aromatic rings. The fraction of sp³-hybridized carbons (Fsp3) is 0.100. The van der Waals surface area contributed by atoms with Crippen molar-refractivity contribution in [3.8, 4) is 0 Å². The Morgan fingerprint density at radius 2 is 2.06 bits per heavy atom. The molecule has 1 heterocycles. The van der Waals surface area contributed by atoms with Crippen molar-refractivity contribution in [3.05, 3.63) is 40.7 Å². The monoisotopic (exact) mass is 361 g/mol. The minimum Gasteiger partial charge on any atom is -1.00 e. The van der Waals surface area contributed by atoms with Crippen molar-refractivity contribution in [2.45, 2.75) is 6.54 Å². The molecule has 17 heavy (non-hydrogen) atoms. The number of anilines is 1. The molecule has 0 aliphatic carbocycles. The molecule has 5 nitrogen and oxygen atoms in total. The van der Waals surface area contributed by atoms with E-state index >= 15 is 0 Å². The van der Waals surface area contributed by atoms with Crippen LogP contribution >= 0.6 is 15.9 Å². The molecule has 0 saturated carbocycles. The summed E-state index contributed by atoms with van der Waals surface area (Å²) in [7, 11) is 0. The molecule has 0 amide bonds. The maximum atomic E-state index is 11.8. The van der Waals surface area contributed by atoms with E-state index in [4.69, 9.17) is 10.2 Å². The summed E-state index contributed by atoms with van der Waals surface area (Å²) in [5.41, 5.74) is 6.07. The highest BCUT2D eigenvalue weighted by molar-refractivity contribution is 9.10. The summed E-state index contributed by atoms with van der Waals surface area (Å²) in [5.74, 6) is -0.0712. The van der Waals surface area contributed by atoms with Gasteiger partial charge in [-0.05, 0) is 17.2 Å². The first kappa shape index (κ1) is 13.9. The second kappa shape index (κ2) is 5.92. The van der Waals surface area contributed by atoms with Gasteiger partial charge in [-0.2, -0.15) is 0 Å². The summed E-state index contributed by atoms with van der Waals surface area (Å²) in [5, 5.41) is 3.79. The van der Waals surface area contributed by atoms with Crippen LogP contribution in [-0.4, -0.2) is 10.9 Å². The maximum absolute atomic E-state index is 11.8. The molecule has 2 rings (SSSR count). The third kappa shape index (κ3) is 3.37. The second-order valence-corrected chi connectivity index (χ2v) is 4.08. The number of aromatic nitrogens is 2. The largest absolute Gasteiger partial charge is 1.00 e. The fourth-order valence-electron chi connectivity index (χ4n) is 1.23. The van der Waals surface area contributed by atoms with Crippen molar-refractivity contribution in [2.24, 2.45) is 0 Å². The third-order valence-corrected chi connectivity index (χ3v) is 2.60. The van der Waals surface area contributed by atoms with Gasteiger partial charge in [0, 0.05) is 10.0 Å². The number of Topliss-reactive ketones (excluding diaryl/α,β-unsaturated/α-hetero) is 1. The smallest absolute Gasteiger partial charge is 0.475 e. The second-order valence-electron chi connectivity index (χ2n) is 3.16. The molecule has 90 valence electrons. The lowest BCUT2D eigenvalue weighted by atomic mass is 10.1. The quantitative estimate of drug-likeness (QED) is 0.516. The van der Waals surface area contributed by atoms with E-state index in [-0.39, 0.29) is 35.3 Å². The minimum absolute atomic E-state index is 0. The molecule has 0 unspecified atom stereocenters. The molecular formula is C10H9Br2N3O2. The Hall–Kier alpha value is -1.21. The van der Waals surface area contributed by atoms with Gasteiger partial charge in [0.05, 0.1) is 0 Å². The standard InChI is InChI=1S/C10H8BrN3O2.BrH/c11-8-3-1-7(2-4-8)9(15)5-14-10(12)16-6-13-14;/h1-4,6,12H,5H2;1H. The van der Waals surface area contributed by atoms with Crippen molar-refractivity contribution in [1.29, 1.82) is 0 Å². The molecule has 0 radical (unpaired) electrons. The average molecular weight is 363 g/mol. The molecule has 0 spiro atoms. The predicted octanol–water partition coefficient (Wildman–Crippen LogP) is -1.81. The fourth-order valence-corrected chi connectivity index (χ4v) is 1.50. The van der Waals surface area contributed by atoms with Gasteiger partial charge in [0.2, 0.25) is 12.2 Å². The molecular weight excluding hydrogens is 354 g/mol. The van der Waals surface area contributed by atoms with Gasteiger partial charge in [0.25, 0.3) is 0 Å². The highest BCUT2D eigenvalue weighted by atomic mass is 79.9. The van der Waals surface area contributed by atoms with E-state index in [1.165, 1.54) is 11.1 Å². The minimum atomic E-state index is -0.0712. The number of ketones is 1. The molecule has 0 bridgehead atoms. The first-order chi connectivity index (χ1) is 7.66. The van der Waals surface area contributed by atoms with Crippen molar-refractivity contribution in [3.63, 3.8) is 0 Å². The molecule has 2 N–H and O–H groups in total. The highest BCUT2D eigenvalue weighted by Crippen LogP contribution is 2.10. The highest BCUT2D eigenvalue weighted by Gasteiger charge is 2.15. The summed E-state index contributed by atoms with van der Waals surface area (Å²) >= 11 is 3.30. The number of carbonyl (C=O) groups excluding carboxylic acids is 1. The molecule has 1 aromatic heterocycles. The summed E-state index contributed by atoms with van der Waals surface area (Å²) in [6.07, 6.45) is 1.20. The van der Waals surface area contributed by atoms with E-state index in [2.05, 4.69) is 21.0 Å². The van der Waals surface area contributed by atoms with E-state index in [1.54, 1.807) is 12.1 Å². The van der Waals surface area contributed by atoms with Gasteiger partial charge < -0.3 is 21.4 Å². The number of hydrogen-bond donors (Lipinski definition) is 1. The van der Waals surface area contributed by atoms with Crippen LogP contribution in [0.15, 0.2) is 39.5 Å². The number of benzene rings is 1. The van der Waals surface area contributed by atoms with E-state index in [0.717, 1.165) is 4.47 Å². The first-order valence-corrected chi connectivity index (χ1v) is 5.34. The number of nitrogens with zero attached hydrogens (tertiary/aromatic N) is 2. The molecule has 1 aromatic carbocycles. The van der Waals surface area contributed by atoms with Crippen LogP contribution in [0.25, 0.3) is 0 Å². The van der Waals surface area contributed by atoms with Crippen LogP contribution in [-0.2, 0) is 6.54 Å². The lowest BCUT2D eigenvalue weighted by Gasteiger charge is -1.97. The van der Waals surface area contributed by atoms with Gasteiger partial charge in [0.15, 0.2) is 6.54 Å². The van der Waals surface area contributed by atoms with Crippen LogP contribution in [0.2, 0.25) is 0 Å². The average Bonchev–Trinajstić information content (AvgIpc) is 2.65. The molecule has 7 heteroatoms. The number of nitrogen functional groups attached to an aromatic ring is 1. The molecule has 0 saturated heterocycles.